The predicted molar refractivity (Wildman–Crippen MR) is 57.8 cm³/mol. The highest BCUT2D eigenvalue weighted by Gasteiger charge is 2.40. The van der Waals surface area contributed by atoms with E-state index in [2.05, 4.69) is 18.0 Å². The summed E-state index contributed by atoms with van der Waals surface area (Å²) in [5.41, 5.74) is 2.18. The lowest BCUT2D eigenvalue weighted by molar-refractivity contribution is 0.0718. The number of rotatable bonds is 0. The Kier molecular flexibility index (Phi) is 1.80. The number of piperidine rings is 1. The number of aromatic nitrogens is 1. The van der Waals surface area contributed by atoms with Crippen LogP contribution in [-0.2, 0) is 7.05 Å². The second-order valence-corrected chi connectivity index (χ2v) is 4.81. The lowest BCUT2D eigenvalue weighted by Gasteiger charge is -2.40. The molecule has 3 nitrogen and oxygen atoms in total. The number of fused-ring (bicyclic) bond motifs is 4. The molecule has 15 heavy (non-hydrogen) atoms. The number of nitrogens with zero attached hydrogens (tertiary/aromatic N) is 2. The predicted octanol–water partition coefficient (Wildman–Crippen LogP) is 1.60. The molecule has 2 aliphatic rings. The van der Waals surface area contributed by atoms with Gasteiger partial charge in [-0.15, -0.1) is 0 Å². The van der Waals surface area contributed by atoms with E-state index in [1.807, 2.05) is 17.8 Å². The Balaban J connectivity index is 2.16. The molecule has 80 valence electrons. The Hall–Kier alpha value is -1.09. The van der Waals surface area contributed by atoms with E-state index in [9.17, 15) is 4.79 Å². The van der Waals surface area contributed by atoms with Crippen molar-refractivity contribution < 1.29 is 4.79 Å². The van der Waals surface area contributed by atoms with Crippen molar-refractivity contribution in [2.75, 3.05) is 13.6 Å². The standard InChI is InChI=1S/C12H16N2O/c1-13-5-3-8-7-10(13)9-4-6-14(2)11(9)12(8)15/h4,6,8,10H,3,5,7H2,1-2H3. The fourth-order valence-corrected chi connectivity index (χ4v) is 3.01. The van der Waals surface area contributed by atoms with E-state index >= 15 is 0 Å². The molecule has 0 amide bonds. The Labute approximate surface area is 89.7 Å². The van der Waals surface area contributed by atoms with Gasteiger partial charge in [-0.1, -0.05) is 0 Å². The number of likely N-dealkylation sites (tertiary alicyclic amines) is 1. The number of hydrogen-bond donors (Lipinski definition) is 0. The molecular weight excluding hydrogens is 188 g/mol. The van der Waals surface area contributed by atoms with Crippen LogP contribution in [0, 0.1) is 5.92 Å². The summed E-state index contributed by atoms with van der Waals surface area (Å²) in [7, 11) is 4.13. The minimum absolute atomic E-state index is 0.271. The number of Topliss-reactive ketones (excluding diaryl/α,β-unsaturated/α-hetero) is 1. The molecule has 0 aromatic carbocycles. The van der Waals surface area contributed by atoms with Crippen LogP contribution < -0.4 is 0 Å². The summed E-state index contributed by atoms with van der Waals surface area (Å²) in [6, 6.07) is 2.58. The molecule has 1 fully saturated rings. The Morgan fingerprint density at radius 1 is 1.40 bits per heavy atom. The third-order valence-corrected chi connectivity index (χ3v) is 3.94. The molecule has 2 atom stereocenters. The molecule has 0 spiro atoms. The van der Waals surface area contributed by atoms with Crippen molar-refractivity contribution in [1.82, 2.24) is 9.47 Å². The van der Waals surface area contributed by atoms with Gasteiger partial charge in [-0.2, -0.15) is 0 Å². The maximum Gasteiger partial charge on any atom is 0.182 e. The van der Waals surface area contributed by atoms with Crippen molar-refractivity contribution >= 4 is 5.78 Å². The van der Waals surface area contributed by atoms with Crippen LogP contribution in [0.5, 0.6) is 0 Å². The van der Waals surface area contributed by atoms with Crippen LogP contribution in [-0.4, -0.2) is 28.8 Å². The largest absolute Gasteiger partial charge is 0.348 e. The van der Waals surface area contributed by atoms with Crippen molar-refractivity contribution in [3.8, 4) is 0 Å². The maximum absolute atomic E-state index is 12.2. The SMILES string of the molecule is CN1CCC2CC1c1ccn(C)c1C2=O. The van der Waals surface area contributed by atoms with Crippen LogP contribution in [0.15, 0.2) is 12.3 Å². The van der Waals surface area contributed by atoms with Crippen molar-refractivity contribution in [1.29, 1.82) is 0 Å². The quantitative estimate of drug-likeness (QED) is 0.641. The summed E-state index contributed by atoms with van der Waals surface area (Å²) in [5.74, 6) is 0.633. The third-order valence-electron chi connectivity index (χ3n) is 3.94. The molecule has 2 bridgehead atoms. The molecule has 1 aliphatic carbocycles. The zero-order valence-corrected chi connectivity index (χ0v) is 9.23. The third kappa shape index (κ3) is 1.13. The lowest BCUT2D eigenvalue weighted by atomic mass is 9.78. The first-order valence-electron chi connectivity index (χ1n) is 5.58. The lowest BCUT2D eigenvalue weighted by Crippen LogP contribution is -2.41. The van der Waals surface area contributed by atoms with Crippen molar-refractivity contribution in [2.45, 2.75) is 18.9 Å². The molecule has 1 aromatic rings. The fraction of sp³-hybridized carbons (Fsp3) is 0.583. The van der Waals surface area contributed by atoms with E-state index in [4.69, 9.17) is 0 Å². The number of aryl methyl sites for hydroxylation is 1. The van der Waals surface area contributed by atoms with Crippen LogP contribution in [0.3, 0.4) is 0 Å². The Morgan fingerprint density at radius 3 is 3.00 bits per heavy atom. The Morgan fingerprint density at radius 2 is 2.20 bits per heavy atom. The average Bonchev–Trinajstić information content (AvgIpc) is 2.60. The zero-order chi connectivity index (χ0) is 10.6. The highest BCUT2D eigenvalue weighted by atomic mass is 16.1. The van der Waals surface area contributed by atoms with Gasteiger partial charge in [0, 0.05) is 25.2 Å². The molecule has 1 saturated heterocycles. The molecule has 0 radical (unpaired) electrons. The van der Waals surface area contributed by atoms with E-state index in [0.29, 0.717) is 11.8 Å². The van der Waals surface area contributed by atoms with Crippen LogP contribution in [0.2, 0.25) is 0 Å². The summed E-state index contributed by atoms with van der Waals surface area (Å²) in [6.07, 6.45) is 4.06. The van der Waals surface area contributed by atoms with Gasteiger partial charge in [-0.3, -0.25) is 9.69 Å². The highest BCUT2D eigenvalue weighted by Crippen LogP contribution is 2.41. The first-order valence-corrected chi connectivity index (χ1v) is 5.58. The molecule has 2 heterocycles. The van der Waals surface area contributed by atoms with Crippen LogP contribution in [0.25, 0.3) is 0 Å². The van der Waals surface area contributed by atoms with Crippen molar-refractivity contribution in [3.63, 3.8) is 0 Å². The van der Waals surface area contributed by atoms with Gasteiger partial charge in [0.15, 0.2) is 5.78 Å². The van der Waals surface area contributed by atoms with E-state index < -0.39 is 0 Å². The van der Waals surface area contributed by atoms with Crippen LogP contribution in [0.1, 0.15) is 34.9 Å². The number of ketones is 1. The maximum atomic E-state index is 12.2. The van der Waals surface area contributed by atoms with Gasteiger partial charge in [0.25, 0.3) is 0 Å². The first-order chi connectivity index (χ1) is 7.18. The van der Waals surface area contributed by atoms with E-state index in [-0.39, 0.29) is 5.92 Å². The molecule has 0 N–H and O–H groups in total. The van der Waals surface area contributed by atoms with Gasteiger partial charge in [-0.25, -0.2) is 0 Å². The van der Waals surface area contributed by atoms with Gasteiger partial charge in [-0.05, 0) is 38.1 Å². The molecule has 2 unspecified atom stereocenters. The van der Waals surface area contributed by atoms with Gasteiger partial charge in [0.1, 0.15) is 0 Å². The van der Waals surface area contributed by atoms with Gasteiger partial charge in [0.05, 0.1) is 5.69 Å². The summed E-state index contributed by atoms with van der Waals surface area (Å²) >= 11 is 0. The van der Waals surface area contributed by atoms with Crippen molar-refractivity contribution in [3.05, 3.63) is 23.5 Å². The molecule has 1 aromatic heterocycles. The molecule has 1 aliphatic heterocycles. The molecule has 3 rings (SSSR count). The smallest absolute Gasteiger partial charge is 0.182 e. The van der Waals surface area contributed by atoms with Gasteiger partial charge in [0.2, 0.25) is 0 Å². The number of carbonyl (C=O) groups excluding carboxylic acids is 1. The minimum Gasteiger partial charge on any atom is -0.348 e. The van der Waals surface area contributed by atoms with Gasteiger partial charge >= 0.3 is 0 Å². The molecular formula is C12H16N2O. The second-order valence-electron chi connectivity index (χ2n) is 4.81. The molecule has 0 saturated carbocycles. The summed E-state index contributed by atoms with van der Waals surface area (Å²) in [5, 5.41) is 0. The topological polar surface area (TPSA) is 25.2 Å². The normalized spacial score (nSPS) is 30.4. The van der Waals surface area contributed by atoms with E-state index in [0.717, 1.165) is 25.1 Å². The minimum atomic E-state index is 0.271. The summed E-state index contributed by atoms with van der Waals surface area (Å²) in [4.78, 5) is 14.6. The number of hydrogen-bond acceptors (Lipinski definition) is 2. The van der Waals surface area contributed by atoms with Crippen LogP contribution in [0.4, 0.5) is 0 Å². The zero-order valence-electron chi connectivity index (χ0n) is 9.23. The molecule has 3 heteroatoms. The highest BCUT2D eigenvalue weighted by molar-refractivity contribution is 5.99. The summed E-state index contributed by atoms with van der Waals surface area (Å²) in [6.45, 7) is 1.05. The average molecular weight is 204 g/mol. The van der Waals surface area contributed by atoms with Gasteiger partial charge < -0.3 is 4.57 Å². The van der Waals surface area contributed by atoms with Crippen molar-refractivity contribution in [2.24, 2.45) is 13.0 Å². The Bertz CT molecular complexity index is 421. The monoisotopic (exact) mass is 204 g/mol. The van der Waals surface area contributed by atoms with E-state index in [1.54, 1.807) is 0 Å². The second kappa shape index (κ2) is 2.95. The number of carbonyl (C=O) groups is 1. The van der Waals surface area contributed by atoms with E-state index in [1.165, 1.54) is 5.56 Å². The van der Waals surface area contributed by atoms with Crippen LogP contribution >= 0.6 is 0 Å². The first kappa shape index (κ1) is 9.16. The summed E-state index contributed by atoms with van der Waals surface area (Å²) < 4.78 is 1.98. The fourth-order valence-electron chi connectivity index (χ4n) is 3.01.